The summed E-state index contributed by atoms with van der Waals surface area (Å²) >= 11 is 0. The number of aliphatic hydroxyl groups is 1. The van der Waals surface area contributed by atoms with Crippen LogP contribution < -0.4 is 15.4 Å². The molecule has 9 heteroatoms. The average molecular weight is 511 g/mol. The maximum absolute atomic E-state index is 12.8. The van der Waals surface area contributed by atoms with Crippen molar-refractivity contribution >= 4 is 29.9 Å². The molecule has 0 saturated carbocycles. The van der Waals surface area contributed by atoms with Gasteiger partial charge in [-0.25, -0.2) is 4.39 Å². The van der Waals surface area contributed by atoms with E-state index < -0.39 is 6.10 Å². The summed E-state index contributed by atoms with van der Waals surface area (Å²) in [6.07, 6.45) is 1.30. The van der Waals surface area contributed by atoms with Crippen LogP contribution >= 0.6 is 24.0 Å². The minimum absolute atomic E-state index is 0. The molecule has 0 aliphatic carbocycles. The molecule has 2 rings (SSSR count). The first-order valence-corrected chi connectivity index (χ1v) is 9.45. The van der Waals surface area contributed by atoms with E-state index in [-0.39, 0.29) is 49.0 Å². The number of halogens is 2. The second kappa shape index (κ2) is 14.8. The molecule has 1 aliphatic rings. The maximum Gasteiger partial charge on any atom is 0.191 e. The van der Waals surface area contributed by atoms with Crippen LogP contribution in [0.25, 0.3) is 0 Å². The second-order valence-electron chi connectivity index (χ2n) is 6.28. The van der Waals surface area contributed by atoms with Crippen molar-refractivity contribution in [3.05, 3.63) is 30.1 Å². The van der Waals surface area contributed by atoms with Gasteiger partial charge in [0.1, 0.15) is 24.3 Å². The summed E-state index contributed by atoms with van der Waals surface area (Å²) in [5, 5.41) is 16.4. The third kappa shape index (κ3) is 10.4. The van der Waals surface area contributed by atoms with Gasteiger partial charge < -0.3 is 30.0 Å². The Bertz CT molecular complexity index is 557. The van der Waals surface area contributed by atoms with Crippen LogP contribution in [0.1, 0.15) is 19.8 Å². The van der Waals surface area contributed by atoms with E-state index in [9.17, 15) is 9.50 Å². The van der Waals surface area contributed by atoms with Crippen LogP contribution in [0.5, 0.6) is 5.75 Å². The van der Waals surface area contributed by atoms with Crippen LogP contribution in [0.3, 0.4) is 0 Å². The van der Waals surface area contributed by atoms with Gasteiger partial charge >= 0.3 is 0 Å². The molecule has 7 nitrogen and oxygen atoms in total. The normalized spacial score (nSPS) is 17.7. The number of nitrogens with zero attached hydrogens (tertiary/aromatic N) is 1. The number of hydrogen-bond donors (Lipinski definition) is 3. The van der Waals surface area contributed by atoms with Crippen LogP contribution in [-0.4, -0.2) is 69.3 Å². The predicted molar refractivity (Wildman–Crippen MR) is 117 cm³/mol. The van der Waals surface area contributed by atoms with E-state index in [0.29, 0.717) is 24.9 Å². The van der Waals surface area contributed by atoms with Gasteiger partial charge in [0.2, 0.25) is 0 Å². The fourth-order valence-electron chi connectivity index (χ4n) is 2.49. The molecule has 28 heavy (non-hydrogen) atoms. The van der Waals surface area contributed by atoms with E-state index in [2.05, 4.69) is 15.6 Å². The molecular weight excluding hydrogens is 480 g/mol. The van der Waals surface area contributed by atoms with Crippen molar-refractivity contribution in [2.75, 3.05) is 46.1 Å². The van der Waals surface area contributed by atoms with E-state index in [1.54, 1.807) is 0 Å². The van der Waals surface area contributed by atoms with Crippen molar-refractivity contribution < 1.29 is 23.7 Å². The molecule has 160 valence electrons. The number of rotatable bonds is 11. The Kier molecular flexibility index (Phi) is 13.1. The number of benzene rings is 1. The molecule has 1 saturated heterocycles. The van der Waals surface area contributed by atoms with E-state index in [1.807, 2.05) is 6.92 Å². The fraction of sp³-hybridized carbons (Fsp3) is 0.632. The van der Waals surface area contributed by atoms with Crippen LogP contribution in [0.4, 0.5) is 4.39 Å². The molecule has 1 aliphatic heterocycles. The Morgan fingerprint density at radius 2 is 2.14 bits per heavy atom. The Balaban J connectivity index is 0.00000392. The number of ether oxygens (including phenoxy) is 3. The summed E-state index contributed by atoms with van der Waals surface area (Å²) in [6.45, 7) is 5.87. The zero-order chi connectivity index (χ0) is 19.3. The van der Waals surface area contributed by atoms with E-state index >= 15 is 0 Å². The van der Waals surface area contributed by atoms with Crippen molar-refractivity contribution in [1.82, 2.24) is 10.6 Å². The van der Waals surface area contributed by atoms with Gasteiger partial charge in [-0.15, -0.1) is 24.0 Å². The number of aliphatic imine (C=N–C) groups is 1. The Hall–Kier alpha value is -1.17. The Labute approximate surface area is 183 Å². The lowest BCUT2D eigenvalue weighted by Crippen LogP contribution is -2.39. The lowest BCUT2D eigenvalue weighted by Gasteiger charge is -2.14. The first kappa shape index (κ1) is 24.9. The predicted octanol–water partition coefficient (Wildman–Crippen LogP) is 1.93. The highest BCUT2D eigenvalue weighted by atomic mass is 127. The van der Waals surface area contributed by atoms with E-state index in [4.69, 9.17) is 14.2 Å². The van der Waals surface area contributed by atoms with Crippen LogP contribution in [0.15, 0.2) is 29.3 Å². The highest BCUT2D eigenvalue weighted by molar-refractivity contribution is 14.0. The monoisotopic (exact) mass is 511 g/mol. The van der Waals surface area contributed by atoms with Gasteiger partial charge in [-0.3, -0.25) is 4.99 Å². The van der Waals surface area contributed by atoms with Gasteiger partial charge in [0.15, 0.2) is 5.96 Å². The second-order valence-corrected chi connectivity index (χ2v) is 6.28. The maximum atomic E-state index is 12.8. The molecule has 0 radical (unpaired) electrons. The molecule has 2 atom stereocenters. The number of hydrogen-bond acceptors (Lipinski definition) is 5. The fourth-order valence-corrected chi connectivity index (χ4v) is 2.49. The molecule has 3 N–H and O–H groups in total. The molecule has 1 heterocycles. The quantitative estimate of drug-likeness (QED) is 0.182. The van der Waals surface area contributed by atoms with Crippen LogP contribution in [0, 0.1) is 5.82 Å². The van der Waals surface area contributed by atoms with Gasteiger partial charge in [0.25, 0.3) is 0 Å². The molecule has 0 bridgehead atoms. The summed E-state index contributed by atoms with van der Waals surface area (Å²) in [7, 11) is 0. The van der Waals surface area contributed by atoms with Crippen molar-refractivity contribution in [3.8, 4) is 5.75 Å². The zero-order valence-electron chi connectivity index (χ0n) is 16.2. The summed E-state index contributed by atoms with van der Waals surface area (Å²) in [5.41, 5.74) is 0. The van der Waals surface area contributed by atoms with Crippen LogP contribution in [0.2, 0.25) is 0 Å². The minimum Gasteiger partial charge on any atom is -0.491 e. The molecule has 1 aromatic rings. The van der Waals surface area contributed by atoms with Crippen molar-refractivity contribution in [2.24, 2.45) is 4.99 Å². The molecule has 1 aromatic carbocycles. The summed E-state index contributed by atoms with van der Waals surface area (Å²) in [4.78, 5) is 4.36. The number of nitrogens with one attached hydrogen (secondary N) is 2. The summed E-state index contributed by atoms with van der Waals surface area (Å²) < 4.78 is 29.3. The van der Waals surface area contributed by atoms with Gasteiger partial charge in [-0.1, -0.05) is 0 Å². The van der Waals surface area contributed by atoms with E-state index in [1.165, 1.54) is 24.3 Å². The van der Waals surface area contributed by atoms with Crippen molar-refractivity contribution in [1.29, 1.82) is 0 Å². The number of guanidine groups is 1. The highest BCUT2D eigenvalue weighted by Crippen LogP contribution is 2.11. The highest BCUT2D eigenvalue weighted by Gasteiger charge is 2.15. The molecule has 0 spiro atoms. The van der Waals surface area contributed by atoms with Crippen molar-refractivity contribution in [2.45, 2.75) is 32.0 Å². The standard InChI is InChI=1S/C19H30FN3O4.HI/c1-2-21-19(22-9-3-10-26-18-8-11-25-14-18)23-12-16(24)13-27-17-6-4-15(20)5-7-17;/h4-7,16,18,24H,2-3,8-14H2,1H3,(H2,21,22,23);1H. The molecule has 0 amide bonds. The average Bonchev–Trinajstić information content (AvgIpc) is 3.18. The first-order valence-electron chi connectivity index (χ1n) is 9.45. The van der Waals surface area contributed by atoms with Crippen LogP contribution in [-0.2, 0) is 9.47 Å². The third-order valence-corrected chi connectivity index (χ3v) is 3.92. The van der Waals surface area contributed by atoms with Gasteiger partial charge in [-0.05, 0) is 44.0 Å². The van der Waals surface area contributed by atoms with Gasteiger partial charge in [0, 0.05) is 26.3 Å². The van der Waals surface area contributed by atoms with Gasteiger partial charge in [0.05, 0.1) is 19.3 Å². The Morgan fingerprint density at radius 1 is 1.36 bits per heavy atom. The largest absolute Gasteiger partial charge is 0.491 e. The zero-order valence-corrected chi connectivity index (χ0v) is 18.6. The lowest BCUT2D eigenvalue weighted by molar-refractivity contribution is 0.0420. The molecule has 1 fully saturated rings. The minimum atomic E-state index is -0.754. The summed E-state index contributed by atoms with van der Waals surface area (Å²) in [6, 6.07) is 5.68. The third-order valence-electron chi connectivity index (χ3n) is 3.92. The topological polar surface area (TPSA) is 84.3 Å². The smallest absolute Gasteiger partial charge is 0.191 e. The number of aliphatic hydroxyl groups excluding tert-OH is 1. The SMILES string of the molecule is CCNC(=NCC(O)COc1ccc(F)cc1)NCCCOC1CCOC1.I. The van der Waals surface area contributed by atoms with E-state index in [0.717, 1.165) is 32.5 Å². The van der Waals surface area contributed by atoms with Gasteiger partial charge in [-0.2, -0.15) is 0 Å². The first-order chi connectivity index (χ1) is 13.2. The Morgan fingerprint density at radius 3 is 2.82 bits per heavy atom. The summed E-state index contributed by atoms with van der Waals surface area (Å²) in [5.74, 6) is 0.829. The molecular formula is C19H31FIN3O4. The molecule has 0 aromatic heterocycles. The van der Waals surface area contributed by atoms with Crippen molar-refractivity contribution in [3.63, 3.8) is 0 Å². The molecule has 2 unspecified atom stereocenters. The lowest BCUT2D eigenvalue weighted by atomic mass is 10.3.